The molecule has 2 N–H and O–H groups in total. The van der Waals surface area contributed by atoms with Crippen LogP contribution in [-0.4, -0.2) is 37.8 Å². The zero-order valence-electron chi connectivity index (χ0n) is 16.8. The van der Waals surface area contributed by atoms with Crippen LogP contribution in [0.25, 0.3) is 22.6 Å². The minimum atomic E-state index is -0.564. The lowest BCUT2D eigenvalue weighted by Gasteiger charge is -2.09. The van der Waals surface area contributed by atoms with E-state index in [9.17, 15) is 13.6 Å². The number of methoxy groups -OCH3 is 1. The van der Waals surface area contributed by atoms with Crippen molar-refractivity contribution in [3.8, 4) is 11.5 Å². The smallest absolute Gasteiger partial charge is 0.310 e. The van der Waals surface area contributed by atoms with Crippen molar-refractivity contribution in [3.63, 3.8) is 0 Å². The molecule has 31 heavy (non-hydrogen) atoms. The molecule has 0 aliphatic carbocycles. The van der Waals surface area contributed by atoms with Gasteiger partial charge in [0.25, 0.3) is 0 Å². The third-order valence-electron chi connectivity index (χ3n) is 4.84. The Morgan fingerprint density at radius 3 is 2.71 bits per heavy atom. The molecule has 1 aromatic carbocycles. The number of carbonyl (C=O) groups excluding carboxylic acids is 1. The van der Waals surface area contributed by atoms with Crippen molar-refractivity contribution in [2.24, 2.45) is 0 Å². The van der Waals surface area contributed by atoms with E-state index in [0.717, 1.165) is 6.20 Å². The number of hydrogen-bond acceptors (Lipinski definition) is 7. The number of rotatable bonds is 5. The molecule has 0 spiro atoms. The first kappa shape index (κ1) is 20.3. The number of ether oxygens (including phenoxy) is 1. The predicted molar refractivity (Wildman–Crippen MR) is 109 cm³/mol. The number of carbonyl (C=O) groups is 1. The predicted octanol–water partition coefficient (Wildman–Crippen LogP) is 2.82. The number of aryl methyl sites for hydroxylation is 1. The van der Waals surface area contributed by atoms with Crippen LogP contribution in [-0.2, 0) is 22.5 Å². The molecular formula is C21H18F2N6O2. The molecule has 0 saturated carbocycles. The van der Waals surface area contributed by atoms with Gasteiger partial charge >= 0.3 is 5.97 Å². The van der Waals surface area contributed by atoms with Crippen LogP contribution in [0.2, 0.25) is 0 Å². The summed E-state index contributed by atoms with van der Waals surface area (Å²) in [6.45, 7) is 1.76. The number of nitrogen functional groups attached to an aromatic ring is 1. The lowest BCUT2D eigenvalue weighted by Crippen LogP contribution is -2.12. The number of fused-ring (bicyclic) bond motifs is 1. The molecular weight excluding hydrogens is 406 g/mol. The number of nitrogens with two attached hydrogens (primary N) is 1. The molecule has 10 heteroatoms. The van der Waals surface area contributed by atoms with Gasteiger partial charge in [-0.25, -0.2) is 28.4 Å². The Bertz CT molecular complexity index is 1280. The van der Waals surface area contributed by atoms with Gasteiger partial charge in [-0.15, -0.1) is 0 Å². The molecule has 3 heterocycles. The molecule has 0 saturated heterocycles. The maximum atomic E-state index is 14.2. The molecule has 0 bridgehead atoms. The summed E-state index contributed by atoms with van der Waals surface area (Å²) in [4.78, 5) is 24.4. The zero-order chi connectivity index (χ0) is 22.1. The number of halogens is 2. The number of pyridine rings is 1. The Morgan fingerprint density at radius 1 is 1.23 bits per heavy atom. The molecule has 8 nitrogen and oxygen atoms in total. The Balaban J connectivity index is 1.84. The van der Waals surface area contributed by atoms with Crippen molar-refractivity contribution < 1.29 is 18.3 Å². The monoisotopic (exact) mass is 424 g/mol. The van der Waals surface area contributed by atoms with Crippen LogP contribution < -0.4 is 5.73 Å². The first-order valence-electron chi connectivity index (χ1n) is 9.33. The zero-order valence-corrected chi connectivity index (χ0v) is 16.8. The molecule has 0 radical (unpaired) electrons. The van der Waals surface area contributed by atoms with Gasteiger partial charge < -0.3 is 10.5 Å². The average Bonchev–Trinajstić information content (AvgIpc) is 3.09. The van der Waals surface area contributed by atoms with E-state index < -0.39 is 17.6 Å². The second-order valence-electron chi connectivity index (χ2n) is 6.87. The van der Waals surface area contributed by atoms with Crippen molar-refractivity contribution in [3.05, 3.63) is 65.0 Å². The van der Waals surface area contributed by atoms with E-state index in [1.54, 1.807) is 25.1 Å². The van der Waals surface area contributed by atoms with E-state index in [1.807, 2.05) is 0 Å². The second kappa shape index (κ2) is 8.05. The van der Waals surface area contributed by atoms with Gasteiger partial charge in [-0.2, -0.15) is 5.10 Å². The van der Waals surface area contributed by atoms with Gasteiger partial charge in [-0.3, -0.25) is 4.79 Å². The topological polar surface area (TPSA) is 109 Å². The van der Waals surface area contributed by atoms with Crippen LogP contribution in [0.3, 0.4) is 0 Å². The molecule has 3 aromatic heterocycles. The highest BCUT2D eigenvalue weighted by molar-refractivity contribution is 5.89. The van der Waals surface area contributed by atoms with E-state index in [0.29, 0.717) is 27.9 Å². The van der Waals surface area contributed by atoms with Gasteiger partial charge in [0.1, 0.15) is 23.1 Å². The third-order valence-corrected chi connectivity index (χ3v) is 4.84. The quantitative estimate of drug-likeness (QED) is 0.491. The first-order chi connectivity index (χ1) is 14.9. The van der Waals surface area contributed by atoms with E-state index in [4.69, 9.17) is 5.73 Å². The van der Waals surface area contributed by atoms with E-state index in [-0.39, 0.29) is 30.3 Å². The number of aromatic nitrogens is 5. The fourth-order valence-electron chi connectivity index (χ4n) is 3.26. The van der Waals surface area contributed by atoms with Crippen LogP contribution in [0.4, 0.5) is 14.6 Å². The number of benzene rings is 1. The van der Waals surface area contributed by atoms with Gasteiger partial charge in [0.2, 0.25) is 0 Å². The summed E-state index contributed by atoms with van der Waals surface area (Å²) in [5, 5.41) is 4.83. The summed E-state index contributed by atoms with van der Waals surface area (Å²) in [6, 6.07) is 7.55. The minimum Gasteiger partial charge on any atom is -0.469 e. The molecule has 0 fully saturated rings. The molecule has 4 aromatic rings. The van der Waals surface area contributed by atoms with Gasteiger partial charge in [0.05, 0.1) is 31.7 Å². The van der Waals surface area contributed by atoms with Gasteiger partial charge in [0.15, 0.2) is 11.5 Å². The Kier molecular flexibility index (Phi) is 5.28. The van der Waals surface area contributed by atoms with Crippen LogP contribution in [0, 0.1) is 18.6 Å². The van der Waals surface area contributed by atoms with E-state index in [1.165, 1.54) is 23.9 Å². The van der Waals surface area contributed by atoms with Crippen molar-refractivity contribution in [2.45, 2.75) is 19.9 Å². The van der Waals surface area contributed by atoms with Crippen LogP contribution in [0.1, 0.15) is 16.8 Å². The van der Waals surface area contributed by atoms with E-state index >= 15 is 0 Å². The van der Waals surface area contributed by atoms with E-state index in [2.05, 4.69) is 24.8 Å². The minimum absolute atomic E-state index is 0.0763. The normalized spacial score (nSPS) is 11.1. The maximum absolute atomic E-state index is 14.2. The molecule has 158 valence electrons. The molecule has 0 unspecified atom stereocenters. The lowest BCUT2D eigenvalue weighted by molar-refractivity contribution is -0.139. The second-order valence-corrected chi connectivity index (χ2v) is 6.87. The first-order valence-corrected chi connectivity index (χ1v) is 9.33. The summed E-state index contributed by atoms with van der Waals surface area (Å²) < 4.78 is 34.2. The van der Waals surface area contributed by atoms with Crippen molar-refractivity contribution in [1.29, 1.82) is 0 Å². The van der Waals surface area contributed by atoms with Crippen molar-refractivity contribution in [2.75, 3.05) is 12.8 Å². The van der Waals surface area contributed by atoms with Crippen LogP contribution >= 0.6 is 0 Å². The van der Waals surface area contributed by atoms with Crippen molar-refractivity contribution >= 4 is 22.8 Å². The number of esters is 1. The lowest BCUT2D eigenvalue weighted by atomic mass is 10.1. The third kappa shape index (κ3) is 3.91. The Labute approximate surface area is 175 Å². The molecule has 0 atom stereocenters. The highest BCUT2D eigenvalue weighted by Gasteiger charge is 2.21. The van der Waals surface area contributed by atoms with Gasteiger partial charge in [-0.05, 0) is 19.1 Å². The maximum Gasteiger partial charge on any atom is 0.310 e. The largest absolute Gasteiger partial charge is 0.469 e. The average molecular weight is 424 g/mol. The summed E-state index contributed by atoms with van der Waals surface area (Å²) >= 11 is 0. The highest BCUT2D eigenvalue weighted by atomic mass is 19.1. The standard InChI is InChI=1S/C21H18F2N6O2/c1-11-14(8-17(30)31-2)19(24)27-20(26-11)18-15-7-13(22)9-25-21(15)29(28-18)10-12-5-3-4-6-16(12)23/h3-7,9H,8,10H2,1-2H3,(H2,24,26,27). The molecule has 0 aliphatic heterocycles. The summed E-state index contributed by atoms with van der Waals surface area (Å²) in [6.07, 6.45) is 0.985. The molecule has 0 aliphatic rings. The number of anilines is 1. The van der Waals surface area contributed by atoms with Gasteiger partial charge in [0, 0.05) is 16.8 Å². The Hall–Kier alpha value is -3.95. The number of nitrogens with zero attached hydrogens (tertiary/aromatic N) is 5. The SMILES string of the molecule is COC(=O)Cc1c(C)nc(-c2nn(Cc3ccccc3F)c3ncc(F)cc23)nc1N. The van der Waals surface area contributed by atoms with Crippen molar-refractivity contribution in [1.82, 2.24) is 24.7 Å². The summed E-state index contributed by atoms with van der Waals surface area (Å²) in [5.41, 5.74) is 7.95. The fourth-order valence-corrected chi connectivity index (χ4v) is 3.26. The Morgan fingerprint density at radius 2 is 2.00 bits per heavy atom. The molecule has 0 amide bonds. The summed E-state index contributed by atoms with van der Waals surface area (Å²) in [7, 11) is 1.28. The van der Waals surface area contributed by atoms with Crippen LogP contribution in [0.15, 0.2) is 36.5 Å². The van der Waals surface area contributed by atoms with Gasteiger partial charge in [-0.1, -0.05) is 18.2 Å². The summed E-state index contributed by atoms with van der Waals surface area (Å²) in [5.74, 6) is -1.19. The highest BCUT2D eigenvalue weighted by Crippen LogP contribution is 2.28. The number of hydrogen-bond donors (Lipinski definition) is 1. The fraction of sp³-hybridized carbons (Fsp3) is 0.190. The van der Waals surface area contributed by atoms with Crippen LogP contribution in [0.5, 0.6) is 0 Å². The molecule has 4 rings (SSSR count).